The van der Waals surface area contributed by atoms with E-state index in [2.05, 4.69) is 11.8 Å². The Kier molecular flexibility index (Phi) is 8.79. The molecular formula is C24H45ClN2. The lowest BCUT2D eigenvalue weighted by Gasteiger charge is -2.46. The van der Waals surface area contributed by atoms with Crippen LogP contribution in [0.2, 0.25) is 0 Å². The summed E-state index contributed by atoms with van der Waals surface area (Å²) in [4.78, 5) is 2.63. The van der Waals surface area contributed by atoms with Gasteiger partial charge in [0, 0.05) is 18.0 Å². The lowest BCUT2D eigenvalue weighted by molar-refractivity contribution is 0.0794. The number of hydrogen-bond donors (Lipinski definition) is 1. The average Bonchev–Trinajstić information content (AvgIpc) is 2.66. The van der Waals surface area contributed by atoms with E-state index in [4.69, 9.17) is 17.3 Å². The van der Waals surface area contributed by atoms with Gasteiger partial charge in [-0.3, -0.25) is 0 Å². The second kappa shape index (κ2) is 10.8. The van der Waals surface area contributed by atoms with E-state index < -0.39 is 0 Å². The highest BCUT2D eigenvalue weighted by molar-refractivity contribution is 6.20. The van der Waals surface area contributed by atoms with Crippen molar-refractivity contribution in [1.82, 2.24) is 4.90 Å². The molecule has 0 aromatic carbocycles. The van der Waals surface area contributed by atoms with Crippen LogP contribution in [0.3, 0.4) is 0 Å². The second-order valence-corrected chi connectivity index (χ2v) is 10.7. The molecule has 1 aliphatic heterocycles. The molecule has 1 saturated heterocycles. The van der Waals surface area contributed by atoms with E-state index in [0.717, 1.165) is 6.54 Å². The van der Waals surface area contributed by atoms with Gasteiger partial charge in [-0.25, -0.2) is 0 Å². The van der Waals surface area contributed by atoms with Crippen LogP contribution in [0.4, 0.5) is 0 Å². The summed E-state index contributed by atoms with van der Waals surface area (Å²) in [5.41, 5.74) is 7.33. The van der Waals surface area contributed by atoms with E-state index in [1.165, 1.54) is 109 Å². The number of nitrogens with zero attached hydrogens (tertiary/aromatic N) is 1. The van der Waals surface area contributed by atoms with Gasteiger partial charge in [-0.15, -0.1) is 11.6 Å². The van der Waals surface area contributed by atoms with Crippen molar-refractivity contribution < 1.29 is 0 Å². The molecule has 158 valence electrons. The summed E-state index contributed by atoms with van der Waals surface area (Å²) in [5.74, 6) is 1.31. The van der Waals surface area contributed by atoms with Crippen molar-refractivity contribution in [2.45, 2.75) is 115 Å². The van der Waals surface area contributed by atoms with Crippen LogP contribution in [0.25, 0.3) is 0 Å². The van der Waals surface area contributed by atoms with Crippen LogP contribution < -0.4 is 5.73 Å². The predicted molar refractivity (Wildman–Crippen MR) is 118 cm³/mol. The molecule has 3 fully saturated rings. The fraction of sp³-hybridized carbons (Fsp3) is 1.00. The molecule has 0 radical (unpaired) electrons. The van der Waals surface area contributed by atoms with E-state index in [0.29, 0.717) is 28.7 Å². The van der Waals surface area contributed by atoms with Crippen LogP contribution in [0.5, 0.6) is 0 Å². The Morgan fingerprint density at radius 3 is 2.37 bits per heavy atom. The summed E-state index contributed by atoms with van der Waals surface area (Å²) in [6.07, 6.45) is 20.7. The topological polar surface area (TPSA) is 29.3 Å². The molecule has 1 heterocycles. The number of halogens is 1. The molecule has 3 rings (SSSR count). The third-order valence-corrected chi connectivity index (χ3v) is 8.65. The SMILES string of the molecule is CCCCCCN1CCC(C2CCCCC3(CCCCC3)CC2Cl)C(N)C1. The van der Waals surface area contributed by atoms with E-state index in [1.54, 1.807) is 0 Å². The Morgan fingerprint density at radius 1 is 0.926 bits per heavy atom. The van der Waals surface area contributed by atoms with Gasteiger partial charge in [0.15, 0.2) is 0 Å². The van der Waals surface area contributed by atoms with Crippen LogP contribution in [0.1, 0.15) is 103 Å². The van der Waals surface area contributed by atoms with Gasteiger partial charge in [-0.05, 0) is 75.3 Å². The molecule has 4 unspecified atom stereocenters. The third-order valence-electron chi connectivity index (χ3n) is 8.18. The summed E-state index contributed by atoms with van der Waals surface area (Å²) >= 11 is 7.17. The Hall–Kier alpha value is 0.210. The standard InChI is InChI=1S/C24H45ClN2/c1-2-3-4-10-16-27-17-12-21(23(26)19-27)20-11-6-9-15-24(18-22(20)25)13-7-5-8-14-24/h20-23H,2-19,26H2,1H3. The molecule has 2 nitrogen and oxygen atoms in total. The van der Waals surface area contributed by atoms with Crippen LogP contribution in [0, 0.1) is 17.3 Å². The molecule has 0 aromatic heterocycles. The highest BCUT2D eigenvalue weighted by atomic mass is 35.5. The second-order valence-electron chi connectivity index (χ2n) is 10.2. The van der Waals surface area contributed by atoms with Gasteiger partial charge >= 0.3 is 0 Å². The number of piperidine rings is 1. The Morgan fingerprint density at radius 2 is 1.67 bits per heavy atom. The van der Waals surface area contributed by atoms with Gasteiger partial charge in [0.25, 0.3) is 0 Å². The van der Waals surface area contributed by atoms with Crippen molar-refractivity contribution in [2.75, 3.05) is 19.6 Å². The molecule has 3 aliphatic rings. The molecule has 27 heavy (non-hydrogen) atoms. The summed E-state index contributed by atoms with van der Waals surface area (Å²) in [6.45, 7) is 5.88. The summed E-state index contributed by atoms with van der Waals surface area (Å²) in [6, 6.07) is 0.331. The Bertz CT molecular complexity index is 421. The molecule has 1 spiro atoms. The van der Waals surface area contributed by atoms with Gasteiger partial charge in [-0.2, -0.15) is 0 Å². The van der Waals surface area contributed by atoms with Crippen molar-refractivity contribution in [3.8, 4) is 0 Å². The maximum Gasteiger partial charge on any atom is 0.0372 e. The Balaban J connectivity index is 1.53. The molecule has 2 N–H and O–H groups in total. The van der Waals surface area contributed by atoms with Gasteiger partial charge in [0.05, 0.1) is 0 Å². The van der Waals surface area contributed by atoms with Crippen molar-refractivity contribution in [3.05, 3.63) is 0 Å². The van der Waals surface area contributed by atoms with Crippen LogP contribution in [-0.4, -0.2) is 36.0 Å². The summed E-state index contributed by atoms with van der Waals surface area (Å²) in [7, 11) is 0. The van der Waals surface area contributed by atoms with Gasteiger partial charge in [-0.1, -0.05) is 58.3 Å². The van der Waals surface area contributed by atoms with Gasteiger partial charge in [0.2, 0.25) is 0 Å². The van der Waals surface area contributed by atoms with Crippen molar-refractivity contribution in [1.29, 1.82) is 0 Å². The fourth-order valence-electron chi connectivity index (χ4n) is 6.53. The zero-order valence-electron chi connectivity index (χ0n) is 17.9. The van der Waals surface area contributed by atoms with E-state index >= 15 is 0 Å². The lowest BCUT2D eigenvalue weighted by Crippen LogP contribution is -2.52. The number of nitrogens with two attached hydrogens (primary N) is 1. The monoisotopic (exact) mass is 396 g/mol. The molecule has 0 bridgehead atoms. The maximum atomic E-state index is 7.17. The first-order chi connectivity index (χ1) is 13.1. The summed E-state index contributed by atoms with van der Waals surface area (Å²) in [5, 5.41) is 0.357. The van der Waals surface area contributed by atoms with Gasteiger partial charge in [0.1, 0.15) is 0 Å². The van der Waals surface area contributed by atoms with E-state index in [1.807, 2.05) is 0 Å². The molecule has 2 saturated carbocycles. The number of rotatable bonds is 6. The lowest BCUT2D eigenvalue weighted by atomic mass is 9.64. The van der Waals surface area contributed by atoms with E-state index in [-0.39, 0.29) is 0 Å². The van der Waals surface area contributed by atoms with E-state index in [9.17, 15) is 0 Å². The zero-order valence-corrected chi connectivity index (χ0v) is 18.7. The molecular weight excluding hydrogens is 352 g/mol. The van der Waals surface area contributed by atoms with Crippen LogP contribution >= 0.6 is 11.6 Å². The van der Waals surface area contributed by atoms with Crippen molar-refractivity contribution in [3.63, 3.8) is 0 Å². The molecule has 2 aliphatic carbocycles. The van der Waals surface area contributed by atoms with Gasteiger partial charge < -0.3 is 10.6 Å². The maximum absolute atomic E-state index is 7.17. The first kappa shape index (κ1) is 21.9. The minimum Gasteiger partial charge on any atom is -0.326 e. The molecule has 4 atom stereocenters. The van der Waals surface area contributed by atoms with Crippen molar-refractivity contribution >= 4 is 11.6 Å². The Labute approximate surface area is 174 Å². The average molecular weight is 397 g/mol. The largest absolute Gasteiger partial charge is 0.326 e. The fourth-order valence-corrected chi connectivity index (χ4v) is 7.17. The minimum absolute atomic E-state index is 0.331. The molecule has 0 aromatic rings. The number of alkyl halides is 1. The van der Waals surface area contributed by atoms with Crippen molar-refractivity contribution in [2.24, 2.45) is 23.0 Å². The number of likely N-dealkylation sites (tertiary alicyclic amines) is 1. The quantitative estimate of drug-likeness (QED) is 0.418. The first-order valence-electron chi connectivity index (χ1n) is 12.3. The van der Waals surface area contributed by atoms with Crippen LogP contribution in [0.15, 0.2) is 0 Å². The minimum atomic E-state index is 0.331. The summed E-state index contributed by atoms with van der Waals surface area (Å²) < 4.78 is 0. The van der Waals surface area contributed by atoms with Crippen LogP contribution in [-0.2, 0) is 0 Å². The zero-order chi connectivity index (χ0) is 19.1. The third kappa shape index (κ3) is 6.09. The highest BCUT2D eigenvalue weighted by Gasteiger charge is 2.41. The first-order valence-corrected chi connectivity index (χ1v) is 12.7. The molecule has 0 amide bonds. The normalized spacial score (nSPS) is 35.7. The predicted octanol–water partition coefficient (Wildman–Crippen LogP) is 6.35. The number of hydrogen-bond acceptors (Lipinski definition) is 2. The highest BCUT2D eigenvalue weighted by Crippen LogP contribution is 2.49. The number of unbranched alkanes of at least 4 members (excludes halogenated alkanes) is 3. The smallest absolute Gasteiger partial charge is 0.0372 e. The molecule has 3 heteroatoms.